The van der Waals surface area contributed by atoms with Gasteiger partial charge in [-0.25, -0.2) is 13.1 Å². The van der Waals surface area contributed by atoms with Crippen LogP contribution in [0.5, 0.6) is 5.75 Å². The van der Waals surface area contributed by atoms with Gasteiger partial charge in [0.25, 0.3) is 0 Å². The van der Waals surface area contributed by atoms with Gasteiger partial charge >= 0.3 is 12.8 Å². The molecule has 0 saturated heterocycles. The van der Waals surface area contributed by atoms with Crippen molar-refractivity contribution in [3.05, 3.63) is 83.9 Å². The minimum Gasteiger partial charge on any atom is -0.435 e. The Morgan fingerprint density at radius 3 is 2.03 bits per heavy atom. The third-order valence-corrected chi connectivity index (χ3v) is 7.43. The van der Waals surface area contributed by atoms with Crippen LogP contribution in [0.1, 0.15) is 30.4 Å². The fourth-order valence-corrected chi connectivity index (χ4v) is 5.50. The summed E-state index contributed by atoms with van der Waals surface area (Å²) in [4.78, 5) is -0.115. The Kier molecular flexibility index (Phi) is 6.39. The highest BCUT2D eigenvalue weighted by molar-refractivity contribution is 7.89. The molecule has 0 aromatic heterocycles. The Morgan fingerprint density at radius 2 is 1.50 bits per heavy atom. The smallest absolute Gasteiger partial charge is 0.417 e. The summed E-state index contributed by atoms with van der Waals surface area (Å²) in [5, 5.41) is 0. The van der Waals surface area contributed by atoms with Gasteiger partial charge in [0.05, 0.1) is 16.0 Å². The van der Waals surface area contributed by atoms with Crippen LogP contribution in [0.25, 0.3) is 11.1 Å². The van der Waals surface area contributed by atoms with E-state index in [1.165, 1.54) is 30.3 Å². The number of benzene rings is 3. The molecule has 1 N–H and O–H groups in total. The van der Waals surface area contributed by atoms with Gasteiger partial charge in [0.15, 0.2) is 0 Å². The quantitative estimate of drug-likeness (QED) is 0.388. The summed E-state index contributed by atoms with van der Waals surface area (Å²) in [5.74, 6) is -0.165. The monoisotopic (exact) mass is 497 g/mol. The van der Waals surface area contributed by atoms with E-state index in [2.05, 4.69) is 9.46 Å². The van der Waals surface area contributed by atoms with E-state index in [1.54, 1.807) is 24.3 Å². The van der Waals surface area contributed by atoms with Crippen molar-refractivity contribution in [2.75, 3.05) is 0 Å². The highest BCUT2D eigenvalue weighted by Gasteiger charge is 2.42. The molecule has 0 atom stereocenters. The summed E-state index contributed by atoms with van der Waals surface area (Å²) < 4.78 is 97.7. The summed E-state index contributed by atoms with van der Waals surface area (Å²) >= 11 is 0. The average Bonchev–Trinajstić information content (AvgIpc) is 2.76. The number of halogens is 5. The van der Waals surface area contributed by atoms with Gasteiger partial charge in [-0.3, -0.25) is 0 Å². The highest BCUT2D eigenvalue weighted by Crippen LogP contribution is 2.44. The largest absolute Gasteiger partial charge is 0.435 e. The third-order valence-electron chi connectivity index (χ3n) is 5.88. The summed E-state index contributed by atoms with van der Waals surface area (Å²) in [6.07, 6.45) is -2.72. The molecule has 0 spiro atoms. The molecule has 0 aliphatic heterocycles. The van der Waals surface area contributed by atoms with E-state index in [1.807, 2.05) is 0 Å². The first-order valence-corrected chi connectivity index (χ1v) is 11.8. The fourth-order valence-electron chi connectivity index (χ4n) is 4.05. The molecule has 10 heteroatoms. The lowest BCUT2D eigenvalue weighted by Gasteiger charge is -2.42. The Morgan fingerprint density at radius 1 is 0.882 bits per heavy atom. The topological polar surface area (TPSA) is 55.4 Å². The number of rotatable bonds is 7. The lowest BCUT2D eigenvalue weighted by molar-refractivity contribution is -0.137. The van der Waals surface area contributed by atoms with E-state index in [0.717, 1.165) is 24.6 Å². The standard InChI is InChI=1S/C24H20F5NO3S/c25-22(26)33-18-10-12-19(13-11-18)34(31,32)30-23(14-3-15-23)17-8-6-16(7-9-17)20-4-1-2-5-21(20)24(27,28)29/h1-2,4-13,22,30H,3,14-15H2. The van der Waals surface area contributed by atoms with Gasteiger partial charge in [-0.2, -0.15) is 22.0 Å². The second-order valence-electron chi connectivity index (χ2n) is 8.01. The number of sulfonamides is 1. The van der Waals surface area contributed by atoms with Gasteiger partial charge < -0.3 is 4.74 Å². The zero-order valence-corrected chi connectivity index (χ0v) is 18.5. The summed E-state index contributed by atoms with van der Waals surface area (Å²) in [6, 6.07) is 16.2. The maximum absolute atomic E-state index is 13.4. The zero-order chi connectivity index (χ0) is 24.6. The van der Waals surface area contributed by atoms with E-state index in [-0.39, 0.29) is 16.2 Å². The molecule has 0 unspecified atom stereocenters. The van der Waals surface area contributed by atoms with Crippen LogP contribution in [0.2, 0.25) is 0 Å². The molecule has 0 heterocycles. The summed E-state index contributed by atoms with van der Waals surface area (Å²) in [5.41, 5.74) is -0.618. The molecule has 0 radical (unpaired) electrons. The lowest BCUT2D eigenvalue weighted by Crippen LogP contribution is -2.50. The van der Waals surface area contributed by atoms with Crippen molar-refractivity contribution in [3.63, 3.8) is 0 Å². The van der Waals surface area contributed by atoms with Gasteiger partial charge in [0.2, 0.25) is 10.0 Å². The molecule has 180 valence electrons. The van der Waals surface area contributed by atoms with E-state index < -0.39 is 33.9 Å². The van der Waals surface area contributed by atoms with Crippen LogP contribution in [0.4, 0.5) is 22.0 Å². The Hall–Kier alpha value is -2.98. The molecule has 3 aromatic carbocycles. The molecule has 1 saturated carbocycles. The Balaban J connectivity index is 1.59. The maximum Gasteiger partial charge on any atom is 0.417 e. The predicted octanol–water partition coefficient (Wildman–Crippen LogP) is 6.33. The Labute approximate surface area is 193 Å². The molecule has 0 amide bonds. The first-order chi connectivity index (χ1) is 16.0. The third kappa shape index (κ3) is 4.92. The fraction of sp³-hybridized carbons (Fsp3) is 0.250. The number of hydrogen-bond donors (Lipinski definition) is 1. The second-order valence-corrected chi connectivity index (χ2v) is 9.69. The number of ether oxygens (including phenoxy) is 1. The van der Waals surface area contributed by atoms with E-state index >= 15 is 0 Å². The van der Waals surface area contributed by atoms with E-state index in [0.29, 0.717) is 24.0 Å². The van der Waals surface area contributed by atoms with Crippen LogP contribution in [0.3, 0.4) is 0 Å². The van der Waals surface area contributed by atoms with Crippen LogP contribution >= 0.6 is 0 Å². The number of hydrogen-bond acceptors (Lipinski definition) is 3. The average molecular weight is 497 g/mol. The highest BCUT2D eigenvalue weighted by atomic mass is 32.2. The van der Waals surface area contributed by atoms with E-state index in [9.17, 15) is 30.4 Å². The molecule has 1 aliphatic carbocycles. The first kappa shape index (κ1) is 24.2. The van der Waals surface area contributed by atoms with Gasteiger partial charge in [-0.05, 0) is 66.3 Å². The van der Waals surface area contributed by atoms with Gasteiger partial charge in [0, 0.05) is 0 Å². The van der Waals surface area contributed by atoms with Gasteiger partial charge in [-0.1, -0.05) is 42.5 Å². The molecular weight excluding hydrogens is 477 g/mol. The first-order valence-electron chi connectivity index (χ1n) is 10.4. The van der Waals surface area contributed by atoms with Crippen molar-refractivity contribution in [1.29, 1.82) is 0 Å². The zero-order valence-electron chi connectivity index (χ0n) is 17.6. The Bertz CT molecular complexity index is 1250. The molecule has 1 aliphatic rings. The normalized spacial score (nSPS) is 15.7. The van der Waals surface area contributed by atoms with Crippen molar-refractivity contribution in [2.24, 2.45) is 0 Å². The molecular formula is C24H20F5NO3S. The molecule has 34 heavy (non-hydrogen) atoms. The number of nitrogens with one attached hydrogen (secondary N) is 1. The van der Waals surface area contributed by atoms with Gasteiger partial charge in [-0.15, -0.1) is 0 Å². The maximum atomic E-state index is 13.4. The second kappa shape index (κ2) is 8.99. The lowest BCUT2D eigenvalue weighted by atomic mass is 9.72. The van der Waals surface area contributed by atoms with Crippen LogP contribution in [-0.4, -0.2) is 15.0 Å². The predicted molar refractivity (Wildman–Crippen MR) is 116 cm³/mol. The summed E-state index contributed by atoms with van der Waals surface area (Å²) in [6.45, 7) is -3.02. The van der Waals surface area contributed by atoms with Crippen molar-refractivity contribution < 1.29 is 35.1 Å². The minimum atomic E-state index is -4.50. The molecule has 0 bridgehead atoms. The van der Waals surface area contributed by atoms with Crippen LogP contribution < -0.4 is 9.46 Å². The van der Waals surface area contributed by atoms with Crippen LogP contribution in [-0.2, 0) is 21.7 Å². The van der Waals surface area contributed by atoms with Crippen molar-refractivity contribution >= 4 is 10.0 Å². The van der Waals surface area contributed by atoms with Crippen molar-refractivity contribution in [2.45, 2.75) is 42.5 Å². The van der Waals surface area contributed by atoms with Crippen LogP contribution in [0, 0.1) is 0 Å². The SMILES string of the molecule is O=S(=O)(NC1(c2ccc(-c3ccccc3C(F)(F)F)cc2)CCC1)c1ccc(OC(F)F)cc1. The summed E-state index contributed by atoms with van der Waals surface area (Å²) in [7, 11) is -4.00. The molecule has 4 nitrogen and oxygen atoms in total. The molecule has 4 rings (SSSR count). The number of alkyl halides is 5. The van der Waals surface area contributed by atoms with E-state index in [4.69, 9.17) is 0 Å². The molecule has 3 aromatic rings. The van der Waals surface area contributed by atoms with Crippen molar-refractivity contribution in [1.82, 2.24) is 4.72 Å². The molecule has 1 fully saturated rings. The minimum absolute atomic E-state index is 0.0379. The van der Waals surface area contributed by atoms with Crippen molar-refractivity contribution in [3.8, 4) is 16.9 Å². The van der Waals surface area contributed by atoms with Gasteiger partial charge in [0.1, 0.15) is 5.75 Å². The van der Waals surface area contributed by atoms with Crippen LogP contribution in [0.15, 0.2) is 77.7 Å².